The average Bonchev–Trinajstić information content (AvgIpc) is 3.25. The van der Waals surface area contributed by atoms with Gasteiger partial charge in [0.2, 0.25) is 5.95 Å². The van der Waals surface area contributed by atoms with E-state index in [1.807, 2.05) is 42.2 Å². The first kappa shape index (κ1) is 20.6. The molecule has 1 aliphatic heterocycles. The van der Waals surface area contributed by atoms with E-state index in [2.05, 4.69) is 9.97 Å². The number of nitrogens with zero attached hydrogens (tertiary/aromatic N) is 5. The van der Waals surface area contributed by atoms with Crippen LogP contribution in [0.15, 0.2) is 48.9 Å². The summed E-state index contributed by atoms with van der Waals surface area (Å²) < 4.78 is 0. The number of pyridine rings is 1. The van der Waals surface area contributed by atoms with Crippen molar-refractivity contribution in [1.82, 2.24) is 19.9 Å². The van der Waals surface area contributed by atoms with Gasteiger partial charge in [0.25, 0.3) is 5.91 Å². The van der Waals surface area contributed by atoms with Gasteiger partial charge in [-0.3, -0.25) is 9.78 Å². The fourth-order valence-corrected chi connectivity index (χ4v) is 4.00. The van der Waals surface area contributed by atoms with Gasteiger partial charge in [-0.15, -0.1) is 0 Å². The molecule has 30 heavy (non-hydrogen) atoms. The summed E-state index contributed by atoms with van der Waals surface area (Å²) in [7, 11) is 3.80. The number of carbonyl (C=O) groups excluding carboxylic acids is 1. The third kappa shape index (κ3) is 3.98. The quantitative estimate of drug-likeness (QED) is 0.576. The molecule has 1 saturated heterocycles. The van der Waals surface area contributed by atoms with Gasteiger partial charge in [-0.05, 0) is 48.7 Å². The molecule has 0 N–H and O–H groups in total. The summed E-state index contributed by atoms with van der Waals surface area (Å²) in [6.45, 7) is 0.654. The standard InChI is InChI=1S/C22H21Cl2N5O/c1-28(2)22-26-13-16(14-7-9-25-10-8-14)20(27-22)19-4-3-11-29(19)21(30)15-5-6-17(23)18(24)12-15/h5-10,12-13,19H,3-4,11H2,1-2H3. The van der Waals surface area contributed by atoms with Gasteiger partial charge in [-0.2, -0.15) is 0 Å². The lowest BCUT2D eigenvalue weighted by Gasteiger charge is -2.27. The molecule has 154 valence electrons. The largest absolute Gasteiger partial charge is 0.347 e. The second-order valence-electron chi connectivity index (χ2n) is 7.38. The maximum atomic E-state index is 13.3. The molecule has 1 aromatic carbocycles. The minimum atomic E-state index is -0.156. The summed E-state index contributed by atoms with van der Waals surface area (Å²) in [5.74, 6) is 0.526. The molecule has 0 bridgehead atoms. The van der Waals surface area contributed by atoms with Crippen molar-refractivity contribution >= 4 is 35.1 Å². The number of likely N-dealkylation sites (tertiary alicyclic amines) is 1. The molecule has 0 aliphatic carbocycles. The summed E-state index contributed by atoms with van der Waals surface area (Å²) in [6.07, 6.45) is 7.04. The topological polar surface area (TPSA) is 62.2 Å². The molecule has 4 rings (SSSR count). The van der Waals surface area contributed by atoms with Crippen LogP contribution in [0.1, 0.15) is 34.9 Å². The van der Waals surface area contributed by atoms with Gasteiger partial charge in [-0.1, -0.05) is 23.2 Å². The van der Waals surface area contributed by atoms with E-state index in [0.29, 0.717) is 28.1 Å². The third-order valence-corrected chi connectivity index (χ3v) is 5.93. The average molecular weight is 442 g/mol. The minimum Gasteiger partial charge on any atom is -0.347 e. The molecule has 0 spiro atoms. The van der Waals surface area contributed by atoms with Crippen molar-refractivity contribution in [2.24, 2.45) is 0 Å². The SMILES string of the molecule is CN(C)c1ncc(-c2ccncc2)c(C2CCCN2C(=O)c2ccc(Cl)c(Cl)c2)n1. The molecular weight excluding hydrogens is 421 g/mol. The van der Waals surface area contributed by atoms with Crippen molar-refractivity contribution in [1.29, 1.82) is 0 Å². The van der Waals surface area contributed by atoms with Crippen LogP contribution in [0.25, 0.3) is 11.1 Å². The Morgan fingerprint density at radius 1 is 1.13 bits per heavy atom. The first-order chi connectivity index (χ1) is 14.5. The second-order valence-corrected chi connectivity index (χ2v) is 8.20. The molecule has 1 atom stereocenters. The second kappa shape index (κ2) is 8.58. The van der Waals surface area contributed by atoms with E-state index < -0.39 is 0 Å². The predicted molar refractivity (Wildman–Crippen MR) is 119 cm³/mol. The molecule has 0 saturated carbocycles. The van der Waals surface area contributed by atoms with Crippen LogP contribution in [0.4, 0.5) is 5.95 Å². The van der Waals surface area contributed by atoms with E-state index in [4.69, 9.17) is 28.2 Å². The summed E-state index contributed by atoms with van der Waals surface area (Å²) >= 11 is 12.2. The van der Waals surface area contributed by atoms with Crippen LogP contribution in [0.2, 0.25) is 10.0 Å². The predicted octanol–water partition coefficient (Wildman–Crippen LogP) is 4.89. The fraction of sp³-hybridized carbons (Fsp3) is 0.273. The fourth-order valence-electron chi connectivity index (χ4n) is 3.70. The van der Waals surface area contributed by atoms with Crippen LogP contribution < -0.4 is 4.90 Å². The molecule has 1 amide bonds. The zero-order chi connectivity index (χ0) is 21.3. The molecule has 8 heteroatoms. The number of hydrogen-bond acceptors (Lipinski definition) is 5. The number of halogens is 2. The lowest BCUT2D eigenvalue weighted by atomic mass is 10.0. The third-order valence-electron chi connectivity index (χ3n) is 5.19. The first-order valence-corrected chi connectivity index (χ1v) is 10.4. The molecular formula is C22H21Cl2N5O. The van der Waals surface area contributed by atoms with Crippen molar-refractivity contribution in [2.45, 2.75) is 18.9 Å². The van der Waals surface area contributed by atoms with E-state index in [0.717, 1.165) is 29.7 Å². The highest BCUT2D eigenvalue weighted by Gasteiger charge is 2.34. The Bertz CT molecular complexity index is 1070. The summed E-state index contributed by atoms with van der Waals surface area (Å²) in [5, 5.41) is 0.797. The number of anilines is 1. The van der Waals surface area contributed by atoms with E-state index >= 15 is 0 Å². The highest BCUT2D eigenvalue weighted by molar-refractivity contribution is 6.42. The zero-order valence-electron chi connectivity index (χ0n) is 16.7. The van der Waals surface area contributed by atoms with Gasteiger partial charge in [-0.25, -0.2) is 9.97 Å². The molecule has 3 aromatic rings. The molecule has 1 aliphatic rings. The monoisotopic (exact) mass is 441 g/mol. The van der Waals surface area contributed by atoms with Gasteiger partial charge >= 0.3 is 0 Å². The van der Waals surface area contributed by atoms with E-state index in [9.17, 15) is 4.79 Å². The number of amides is 1. The summed E-state index contributed by atoms with van der Waals surface area (Å²) in [5.41, 5.74) is 3.23. The van der Waals surface area contributed by atoms with Crippen LogP contribution in [-0.4, -0.2) is 46.4 Å². The lowest BCUT2D eigenvalue weighted by Crippen LogP contribution is -2.31. The Balaban J connectivity index is 1.76. The van der Waals surface area contributed by atoms with Crippen LogP contribution in [0.5, 0.6) is 0 Å². The Labute approximate surface area is 185 Å². The lowest BCUT2D eigenvalue weighted by molar-refractivity contribution is 0.0733. The first-order valence-electron chi connectivity index (χ1n) is 9.66. The van der Waals surface area contributed by atoms with Crippen molar-refractivity contribution in [2.75, 3.05) is 25.5 Å². The molecule has 6 nitrogen and oxygen atoms in total. The van der Waals surface area contributed by atoms with E-state index in [1.165, 1.54) is 0 Å². The van der Waals surface area contributed by atoms with Crippen molar-refractivity contribution in [3.05, 3.63) is 70.2 Å². The van der Waals surface area contributed by atoms with Gasteiger partial charge in [0.15, 0.2) is 0 Å². The highest BCUT2D eigenvalue weighted by atomic mass is 35.5. The smallest absolute Gasteiger partial charge is 0.254 e. The summed E-state index contributed by atoms with van der Waals surface area (Å²) in [6, 6.07) is 8.68. The Morgan fingerprint density at radius 3 is 2.60 bits per heavy atom. The molecule has 2 aromatic heterocycles. The summed E-state index contributed by atoms with van der Waals surface area (Å²) in [4.78, 5) is 30.5. The van der Waals surface area contributed by atoms with Crippen LogP contribution in [0.3, 0.4) is 0 Å². The normalized spacial score (nSPS) is 16.0. The van der Waals surface area contributed by atoms with Crippen LogP contribution >= 0.6 is 23.2 Å². The molecule has 0 radical (unpaired) electrons. The molecule has 1 fully saturated rings. The minimum absolute atomic E-state index is 0.0817. The maximum Gasteiger partial charge on any atom is 0.254 e. The van der Waals surface area contributed by atoms with Gasteiger partial charge in [0.1, 0.15) is 0 Å². The Kier molecular flexibility index (Phi) is 5.88. The van der Waals surface area contributed by atoms with Crippen molar-refractivity contribution in [3.63, 3.8) is 0 Å². The number of carbonyl (C=O) groups is 1. The van der Waals surface area contributed by atoms with Crippen molar-refractivity contribution < 1.29 is 4.79 Å². The van der Waals surface area contributed by atoms with E-state index in [1.54, 1.807) is 30.6 Å². The van der Waals surface area contributed by atoms with Gasteiger partial charge < -0.3 is 9.80 Å². The number of benzene rings is 1. The number of rotatable bonds is 4. The van der Waals surface area contributed by atoms with E-state index in [-0.39, 0.29) is 11.9 Å². The Morgan fingerprint density at radius 2 is 1.90 bits per heavy atom. The Hall–Kier alpha value is -2.70. The molecule has 1 unspecified atom stereocenters. The highest BCUT2D eigenvalue weighted by Crippen LogP contribution is 2.38. The maximum absolute atomic E-state index is 13.3. The van der Waals surface area contributed by atoms with Gasteiger partial charge in [0, 0.05) is 50.4 Å². The van der Waals surface area contributed by atoms with Crippen LogP contribution in [-0.2, 0) is 0 Å². The zero-order valence-corrected chi connectivity index (χ0v) is 18.2. The number of hydrogen-bond donors (Lipinski definition) is 0. The molecule has 3 heterocycles. The number of aromatic nitrogens is 3. The van der Waals surface area contributed by atoms with Gasteiger partial charge in [0.05, 0.1) is 21.8 Å². The van der Waals surface area contributed by atoms with Crippen LogP contribution in [0, 0.1) is 0 Å². The van der Waals surface area contributed by atoms with Crippen molar-refractivity contribution in [3.8, 4) is 11.1 Å².